The molecule has 3 rings (SSSR count). The maximum Gasteiger partial charge on any atom is 0.123 e. The number of hydrogen-bond acceptors (Lipinski definition) is 3. The van der Waals surface area contributed by atoms with Crippen LogP contribution in [0.25, 0.3) is 5.57 Å². The first-order valence-electron chi connectivity index (χ1n) is 5.78. The average molecular weight is 290 g/mol. The molecule has 0 bridgehead atoms. The first-order valence-corrected chi connectivity index (χ1v) is 6.57. The van der Waals surface area contributed by atoms with Gasteiger partial charge in [0.15, 0.2) is 0 Å². The van der Waals surface area contributed by atoms with Gasteiger partial charge >= 0.3 is 0 Å². The molecule has 1 fully saturated rings. The summed E-state index contributed by atoms with van der Waals surface area (Å²) >= 11 is 3.28. The zero-order chi connectivity index (χ0) is 11.8. The van der Waals surface area contributed by atoms with Crippen molar-refractivity contribution in [2.45, 2.75) is 18.9 Å². The Morgan fingerprint density at radius 3 is 3.18 bits per heavy atom. The van der Waals surface area contributed by atoms with Crippen LogP contribution in [0.3, 0.4) is 0 Å². The summed E-state index contributed by atoms with van der Waals surface area (Å²) in [7, 11) is 0. The van der Waals surface area contributed by atoms with E-state index in [9.17, 15) is 0 Å². The van der Waals surface area contributed by atoms with E-state index >= 15 is 0 Å². The molecule has 3 nitrogen and oxygen atoms in total. The van der Waals surface area contributed by atoms with Crippen LogP contribution in [0, 0.1) is 17.2 Å². The molecule has 1 saturated heterocycles. The Kier molecular flexibility index (Phi) is 2.73. The Morgan fingerprint density at radius 2 is 2.41 bits per heavy atom. The first-order chi connectivity index (χ1) is 8.28. The number of hydrogen-bond donors (Lipinski definition) is 1. The van der Waals surface area contributed by atoms with E-state index in [0.717, 1.165) is 18.5 Å². The van der Waals surface area contributed by atoms with Crippen LogP contribution in [0.1, 0.15) is 24.0 Å². The Labute approximate surface area is 109 Å². The molecule has 1 aromatic rings. The smallest absolute Gasteiger partial charge is 0.123 e. The summed E-state index contributed by atoms with van der Waals surface area (Å²) in [6.45, 7) is 1.13. The molecule has 1 aromatic heterocycles. The monoisotopic (exact) mass is 289 g/mol. The van der Waals surface area contributed by atoms with Crippen molar-refractivity contribution in [2.75, 3.05) is 6.54 Å². The number of halogens is 1. The lowest BCUT2D eigenvalue weighted by atomic mass is 10.0. The Hall–Kier alpha value is -1.18. The SMILES string of the molecule is N#Cc1cc(C2=C[C@H]3CCN[C@H]3C2)cnc1Br. The number of rotatable bonds is 1. The van der Waals surface area contributed by atoms with Gasteiger partial charge in [-0.3, -0.25) is 0 Å². The third-order valence-electron chi connectivity index (χ3n) is 3.59. The second kappa shape index (κ2) is 4.25. The molecule has 2 heterocycles. The average Bonchev–Trinajstić information content (AvgIpc) is 2.90. The normalized spacial score (nSPS) is 26.5. The van der Waals surface area contributed by atoms with Crippen LogP contribution >= 0.6 is 15.9 Å². The number of nitrogens with zero attached hydrogens (tertiary/aromatic N) is 2. The lowest BCUT2D eigenvalue weighted by Crippen LogP contribution is -2.22. The van der Waals surface area contributed by atoms with Gasteiger partial charge in [0, 0.05) is 12.2 Å². The Morgan fingerprint density at radius 1 is 1.53 bits per heavy atom. The first kappa shape index (κ1) is 10.9. The van der Waals surface area contributed by atoms with Crippen molar-refractivity contribution >= 4 is 21.5 Å². The number of nitriles is 1. The molecule has 1 N–H and O–H groups in total. The fourth-order valence-corrected chi connectivity index (χ4v) is 3.00. The van der Waals surface area contributed by atoms with Crippen LogP contribution in [0.4, 0.5) is 0 Å². The van der Waals surface area contributed by atoms with Crippen molar-refractivity contribution in [3.63, 3.8) is 0 Å². The van der Waals surface area contributed by atoms with Crippen molar-refractivity contribution < 1.29 is 0 Å². The number of fused-ring (bicyclic) bond motifs is 1. The summed E-state index contributed by atoms with van der Waals surface area (Å²) in [6, 6.07) is 4.67. The third-order valence-corrected chi connectivity index (χ3v) is 4.22. The fraction of sp³-hybridized carbons (Fsp3) is 0.385. The molecule has 4 heteroatoms. The van der Waals surface area contributed by atoms with E-state index in [1.54, 1.807) is 0 Å². The van der Waals surface area contributed by atoms with Gasteiger partial charge in [-0.15, -0.1) is 0 Å². The van der Waals surface area contributed by atoms with Crippen LogP contribution in [-0.2, 0) is 0 Å². The van der Waals surface area contributed by atoms with Crippen LogP contribution in [-0.4, -0.2) is 17.6 Å². The lowest BCUT2D eigenvalue weighted by Gasteiger charge is -2.08. The van der Waals surface area contributed by atoms with Crippen molar-refractivity contribution in [3.05, 3.63) is 34.1 Å². The van der Waals surface area contributed by atoms with Gasteiger partial charge < -0.3 is 5.32 Å². The van der Waals surface area contributed by atoms with Gasteiger partial charge in [0.25, 0.3) is 0 Å². The van der Waals surface area contributed by atoms with E-state index in [-0.39, 0.29) is 0 Å². The molecule has 1 aliphatic heterocycles. The van der Waals surface area contributed by atoms with Gasteiger partial charge in [0.05, 0.1) is 5.56 Å². The summed E-state index contributed by atoms with van der Waals surface area (Å²) in [5.74, 6) is 0.666. The van der Waals surface area contributed by atoms with Crippen LogP contribution in [0.5, 0.6) is 0 Å². The molecule has 0 amide bonds. The van der Waals surface area contributed by atoms with Crippen molar-refractivity contribution in [1.82, 2.24) is 10.3 Å². The zero-order valence-electron chi connectivity index (χ0n) is 9.28. The largest absolute Gasteiger partial charge is 0.313 e. The molecule has 0 unspecified atom stereocenters. The van der Waals surface area contributed by atoms with E-state index in [1.165, 1.54) is 12.0 Å². The maximum absolute atomic E-state index is 9.00. The summed E-state index contributed by atoms with van der Waals surface area (Å²) in [4.78, 5) is 4.22. The highest BCUT2D eigenvalue weighted by Crippen LogP contribution is 2.36. The molecule has 86 valence electrons. The van der Waals surface area contributed by atoms with E-state index < -0.39 is 0 Å². The van der Waals surface area contributed by atoms with Gasteiger partial charge in [-0.05, 0) is 58.4 Å². The topological polar surface area (TPSA) is 48.7 Å². The molecule has 1 aliphatic carbocycles. The minimum atomic E-state index is 0.596. The van der Waals surface area contributed by atoms with E-state index in [1.807, 2.05) is 12.3 Å². The van der Waals surface area contributed by atoms with Crippen LogP contribution in [0.2, 0.25) is 0 Å². The lowest BCUT2D eigenvalue weighted by molar-refractivity contribution is 0.563. The molecular weight excluding hydrogens is 278 g/mol. The number of pyridine rings is 1. The molecule has 0 saturated carbocycles. The Bertz CT molecular complexity index is 530. The highest BCUT2D eigenvalue weighted by Gasteiger charge is 2.31. The second-order valence-corrected chi connectivity index (χ2v) is 5.33. The van der Waals surface area contributed by atoms with Crippen molar-refractivity contribution in [3.8, 4) is 6.07 Å². The molecule has 0 radical (unpaired) electrons. The molecule has 17 heavy (non-hydrogen) atoms. The Balaban J connectivity index is 1.93. The highest BCUT2D eigenvalue weighted by molar-refractivity contribution is 9.10. The summed E-state index contributed by atoms with van der Waals surface area (Å²) in [5, 5.41) is 12.5. The third kappa shape index (κ3) is 1.90. The fourth-order valence-electron chi connectivity index (χ4n) is 2.69. The minimum Gasteiger partial charge on any atom is -0.313 e. The molecule has 0 aromatic carbocycles. The number of nitrogens with one attached hydrogen (secondary N) is 1. The quantitative estimate of drug-likeness (QED) is 0.808. The van der Waals surface area contributed by atoms with Crippen LogP contribution in [0.15, 0.2) is 22.9 Å². The highest BCUT2D eigenvalue weighted by atomic mass is 79.9. The van der Waals surface area contributed by atoms with Gasteiger partial charge in [-0.25, -0.2) is 4.98 Å². The van der Waals surface area contributed by atoms with Gasteiger partial charge in [-0.2, -0.15) is 5.26 Å². The van der Waals surface area contributed by atoms with Crippen LogP contribution < -0.4 is 5.32 Å². The summed E-state index contributed by atoms with van der Waals surface area (Å²) in [5.41, 5.74) is 3.01. The van der Waals surface area contributed by atoms with E-state index in [2.05, 4.69) is 38.4 Å². The standard InChI is InChI=1S/C13H12BrN3/c14-13-10(6-15)4-11(7-17-13)9-3-8-1-2-16-12(8)5-9/h3-4,7-8,12,16H,1-2,5H2/t8-,12+/m1/s1. The van der Waals surface area contributed by atoms with Gasteiger partial charge in [0.1, 0.15) is 10.7 Å². The number of aromatic nitrogens is 1. The van der Waals surface area contributed by atoms with Gasteiger partial charge in [-0.1, -0.05) is 6.08 Å². The van der Waals surface area contributed by atoms with E-state index in [0.29, 0.717) is 22.1 Å². The van der Waals surface area contributed by atoms with Crippen molar-refractivity contribution in [2.24, 2.45) is 5.92 Å². The molecule has 2 aliphatic rings. The molecule has 2 atom stereocenters. The summed E-state index contributed by atoms with van der Waals surface area (Å²) < 4.78 is 0.626. The second-order valence-electron chi connectivity index (χ2n) is 4.58. The van der Waals surface area contributed by atoms with Gasteiger partial charge in [0.2, 0.25) is 0 Å². The molecule has 0 spiro atoms. The zero-order valence-corrected chi connectivity index (χ0v) is 10.9. The van der Waals surface area contributed by atoms with Crippen molar-refractivity contribution in [1.29, 1.82) is 5.26 Å². The minimum absolute atomic E-state index is 0.596. The maximum atomic E-state index is 9.00. The van der Waals surface area contributed by atoms with E-state index in [4.69, 9.17) is 5.26 Å². The summed E-state index contributed by atoms with van der Waals surface area (Å²) in [6.07, 6.45) is 6.47. The molecular formula is C13H12BrN3. The predicted octanol–water partition coefficient (Wildman–Crippen LogP) is 2.48. The predicted molar refractivity (Wildman–Crippen MR) is 69.1 cm³/mol.